The molecule has 6 heteroatoms. The highest BCUT2D eigenvalue weighted by Crippen LogP contribution is 2.23. The van der Waals surface area contributed by atoms with E-state index in [4.69, 9.17) is 16.0 Å². The van der Waals surface area contributed by atoms with Gasteiger partial charge in [-0.25, -0.2) is 0 Å². The lowest BCUT2D eigenvalue weighted by Gasteiger charge is -2.28. The zero-order valence-corrected chi connectivity index (χ0v) is 12.6. The van der Waals surface area contributed by atoms with E-state index in [1.54, 1.807) is 0 Å². The summed E-state index contributed by atoms with van der Waals surface area (Å²) in [5.41, 5.74) is 2.21. The van der Waals surface area contributed by atoms with E-state index in [1.807, 2.05) is 12.1 Å². The van der Waals surface area contributed by atoms with Crippen LogP contribution in [0.25, 0.3) is 0 Å². The molecule has 21 heavy (non-hydrogen) atoms. The molecule has 112 valence electrons. The van der Waals surface area contributed by atoms with Crippen molar-refractivity contribution in [3.05, 3.63) is 30.2 Å². The first-order valence-electron chi connectivity index (χ1n) is 7.35. The number of rotatable bonds is 5. The molecule has 0 bridgehead atoms. The van der Waals surface area contributed by atoms with Crippen LogP contribution in [0, 0.1) is 0 Å². The normalized spacial score (nSPS) is 15.2. The molecule has 1 aromatic carbocycles. The number of aromatic nitrogens is 2. The second-order valence-corrected chi connectivity index (χ2v) is 5.54. The molecule has 1 N–H and O–H groups in total. The molecule has 2 aromatic rings. The Hall–Kier alpha value is -1.75. The summed E-state index contributed by atoms with van der Waals surface area (Å²) in [6.45, 7) is 2.30. The summed E-state index contributed by atoms with van der Waals surface area (Å²) in [4.78, 5) is 2.43. The van der Waals surface area contributed by atoms with Gasteiger partial charge in [0.1, 0.15) is 0 Å². The van der Waals surface area contributed by atoms with Gasteiger partial charge in [-0.05, 0) is 43.5 Å². The van der Waals surface area contributed by atoms with Crippen molar-refractivity contribution >= 4 is 29.0 Å². The third kappa shape index (κ3) is 3.67. The molecular weight excluding hydrogens is 288 g/mol. The van der Waals surface area contributed by atoms with Crippen LogP contribution < -0.4 is 10.2 Å². The van der Waals surface area contributed by atoms with E-state index in [-0.39, 0.29) is 0 Å². The number of anilines is 3. The number of benzene rings is 1. The summed E-state index contributed by atoms with van der Waals surface area (Å²) in [7, 11) is 0. The smallest absolute Gasteiger partial charge is 0.320 e. The number of piperidine rings is 1. The monoisotopic (exact) mass is 306 g/mol. The number of hydrogen-bond donors (Lipinski definition) is 1. The molecule has 1 aromatic heterocycles. The molecule has 1 fully saturated rings. The average Bonchev–Trinajstić information content (AvgIpc) is 2.97. The van der Waals surface area contributed by atoms with Crippen LogP contribution in [-0.4, -0.2) is 29.2 Å². The topological polar surface area (TPSA) is 54.2 Å². The molecule has 2 heterocycles. The summed E-state index contributed by atoms with van der Waals surface area (Å²) >= 11 is 5.64. The van der Waals surface area contributed by atoms with Crippen molar-refractivity contribution in [1.29, 1.82) is 0 Å². The summed E-state index contributed by atoms with van der Waals surface area (Å²) in [5.74, 6) is 1.03. The molecule has 0 spiro atoms. The van der Waals surface area contributed by atoms with Gasteiger partial charge in [0, 0.05) is 36.8 Å². The van der Waals surface area contributed by atoms with Crippen LogP contribution >= 0.6 is 11.6 Å². The van der Waals surface area contributed by atoms with E-state index >= 15 is 0 Å². The van der Waals surface area contributed by atoms with E-state index in [2.05, 4.69) is 32.5 Å². The van der Waals surface area contributed by atoms with Gasteiger partial charge in [0.2, 0.25) is 5.89 Å². The minimum absolute atomic E-state index is 0.404. The Kier molecular flexibility index (Phi) is 4.60. The van der Waals surface area contributed by atoms with Crippen LogP contribution in [0.3, 0.4) is 0 Å². The highest BCUT2D eigenvalue weighted by molar-refractivity contribution is 6.17. The fraction of sp³-hybridized carbons (Fsp3) is 0.467. The number of alkyl halides is 1. The SMILES string of the molecule is ClCCc1nnc(Nc2ccc(N3CCCCC3)cc2)o1. The second-order valence-electron chi connectivity index (χ2n) is 5.16. The van der Waals surface area contributed by atoms with Crippen molar-refractivity contribution < 1.29 is 4.42 Å². The summed E-state index contributed by atoms with van der Waals surface area (Å²) in [6.07, 6.45) is 4.50. The first-order valence-corrected chi connectivity index (χ1v) is 7.89. The summed E-state index contributed by atoms with van der Waals surface area (Å²) in [6, 6.07) is 8.74. The highest BCUT2D eigenvalue weighted by Gasteiger charge is 2.11. The lowest BCUT2D eigenvalue weighted by atomic mass is 10.1. The Bertz CT molecular complexity index is 563. The first-order chi connectivity index (χ1) is 10.3. The van der Waals surface area contributed by atoms with Crippen molar-refractivity contribution in [1.82, 2.24) is 10.2 Å². The lowest BCUT2D eigenvalue weighted by molar-refractivity contribution is 0.516. The number of nitrogens with one attached hydrogen (secondary N) is 1. The van der Waals surface area contributed by atoms with Crippen molar-refractivity contribution in [2.24, 2.45) is 0 Å². The van der Waals surface area contributed by atoms with Gasteiger partial charge in [-0.3, -0.25) is 0 Å². The van der Waals surface area contributed by atoms with Crippen LogP contribution in [0.1, 0.15) is 25.2 Å². The molecule has 0 atom stereocenters. The predicted octanol–water partition coefficient (Wildman–Crippen LogP) is 3.58. The van der Waals surface area contributed by atoms with Crippen LogP contribution in [0.2, 0.25) is 0 Å². The number of nitrogens with zero attached hydrogens (tertiary/aromatic N) is 3. The number of halogens is 1. The summed E-state index contributed by atoms with van der Waals surface area (Å²) in [5, 5.41) is 11.0. The fourth-order valence-electron chi connectivity index (χ4n) is 2.52. The van der Waals surface area contributed by atoms with Crippen LogP contribution in [0.15, 0.2) is 28.7 Å². The zero-order valence-electron chi connectivity index (χ0n) is 11.9. The summed E-state index contributed by atoms with van der Waals surface area (Å²) < 4.78 is 5.45. The standard InChI is InChI=1S/C15H19ClN4O/c16-9-8-14-18-19-15(21-14)17-12-4-6-13(7-5-12)20-10-2-1-3-11-20/h4-7H,1-3,8-11H2,(H,17,19). The number of hydrogen-bond acceptors (Lipinski definition) is 5. The Balaban J connectivity index is 1.63. The Morgan fingerprint density at radius 1 is 1.10 bits per heavy atom. The van der Waals surface area contributed by atoms with Crippen molar-refractivity contribution in [2.75, 3.05) is 29.2 Å². The average molecular weight is 307 g/mol. The Morgan fingerprint density at radius 3 is 2.57 bits per heavy atom. The van der Waals surface area contributed by atoms with Gasteiger partial charge in [-0.1, -0.05) is 5.10 Å². The molecule has 1 aliphatic rings. The van der Waals surface area contributed by atoms with Crippen LogP contribution in [0.5, 0.6) is 0 Å². The third-order valence-electron chi connectivity index (χ3n) is 3.61. The molecule has 3 rings (SSSR count). The zero-order chi connectivity index (χ0) is 14.5. The van der Waals surface area contributed by atoms with Crippen LogP contribution in [0.4, 0.5) is 17.4 Å². The first kappa shape index (κ1) is 14.2. The Morgan fingerprint density at radius 2 is 1.86 bits per heavy atom. The van der Waals surface area contributed by atoms with Crippen molar-refractivity contribution in [3.8, 4) is 0 Å². The van der Waals surface area contributed by atoms with E-state index in [9.17, 15) is 0 Å². The molecule has 1 aliphatic heterocycles. The molecule has 1 saturated heterocycles. The Labute approximate surface area is 129 Å². The minimum atomic E-state index is 0.404. The number of aryl methyl sites for hydroxylation is 1. The quantitative estimate of drug-likeness (QED) is 0.856. The second kappa shape index (κ2) is 6.80. The van der Waals surface area contributed by atoms with Crippen molar-refractivity contribution in [3.63, 3.8) is 0 Å². The molecule has 5 nitrogen and oxygen atoms in total. The maximum Gasteiger partial charge on any atom is 0.320 e. The fourth-order valence-corrected chi connectivity index (χ4v) is 2.68. The van der Waals surface area contributed by atoms with E-state index in [0.29, 0.717) is 24.2 Å². The third-order valence-corrected chi connectivity index (χ3v) is 3.80. The van der Waals surface area contributed by atoms with Gasteiger partial charge < -0.3 is 14.6 Å². The largest absolute Gasteiger partial charge is 0.408 e. The predicted molar refractivity (Wildman–Crippen MR) is 84.5 cm³/mol. The minimum Gasteiger partial charge on any atom is -0.408 e. The molecular formula is C15H19ClN4O. The van der Waals surface area contributed by atoms with E-state index < -0.39 is 0 Å². The van der Waals surface area contributed by atoms with Gasteiger partial charge in [0.05, 0.1) is 0 Å². The molecule has 0 unspecified atom stereocenters. The maximum atomic E-state index is 5.64. The van der Waals surface area contributed by atoms with Gasteiger partial charge in [-0.15, -0.1) is 16.7 Å². The van der Waals surface area contributed by atoms with E-state index in [1.165, 1.54) is 24.9 Å². The van der Waals surface area contributed by atoms with Gasteiger partial charge in [0.25, 0.3) is 0 Å². The van der Waals surface area contributed by atoms with Gasteiger partial charge in [0.15, 0.2) is 0 Å². The maximum absolute atomic E-state index is 5.64. The van der Waals surface area contributed by atoms with E-state index in [0.717, 1.165) is 18.8 Å². The van der Waals surface area contributed by atoms with Gasteiger partial charge in [-0.2, -0.15) is 0 Å². The van der Waals surface area contributed by atoms with Gasteiger partial charge >= 0.3 is 6.01 Å². The lowest BCUT2D eigenvalue weighted by Crippen LogP contribution is -2.29. The molecule has 0 radical (unpaired) electrons. The molecule has 0 aliphatic carbocycles. The molecule has 0 amide bonds. The molecule has 0 saturated carbocycles. The van der Waals surface area contributed by atoms with Crippen molar-refractivity contribution in [2.45, 2.75) is 25.7 Å². The highest BCUT2D eigenvalue weighted by atomic mass is 35.5. The van der Waals surface area contributed by atoms with Crippen LogP contribution in [-0.2, 0) is 6.42 Å².